The summed E-state index contributed by atoms with van der Waals surface area (Å²) in [7, 11) is 0. The molecule has 1 aromatic heterocycles. The molecule has 1 N–H and O–H groups in total. The van der Waals surface area contributed by atoms with Gasteiger partial charge in [0.25, 0.3) is 5.91 Å². The first-order chi connectivity index (χ1) is 12.6. The molecule has 0 saturated heterocycles. The molecule has 5 nitrogen and oxygen atoms in total. The van der Waals surface area contributed by atoms with Gasteiger partial charge >= 0.3 is 12.3 Å². The van der Waals surface area contributed by atoms with Gasteiger partial charge in [-0.15, -0.1) is 13.2 Å². The van der Waals surface area contributed by atoms with Gasteiger partial charge in [-0.25, -0.2) is 4.79 Å². The molecule has 2 aromatic carbocycles. The van der Waals surface area contributed by atoms with Gasteiger partial charge in [0.1, 0.15) is 5.75 Å². The van der Waals surface area contributed by atoms with Crippen molar-refractivity contribution in [3.05, 3.63) is 64.3 Å². The first-order valence-electron chi connectivity index (χ1n) is 7.52. The van der Waals surface area contributed by atoms with Crippen molar-refractivity contribution in [1.29, 1.82) is 0 Å². The van der Waals surface area contributed by atoms with Crippen LogP contribution in [0.25, 0.3) is 10.9 Å². The van der Waals surface area contributed by atoms with Crippen molar-refractivity contribution in [2.45, 2.75) is 13.3 Å². The third-order valence-electron chi connectivity index (χ3n) is 3.86. The molecule has 9 heteroatoms. The Bertz CT molecular complexity index is 1070. The maximum atomic E-state index is 12.9. The molecule has 0 bridgehead atoms. The number of aromatic carboxylic acids is 1. The normalized spacial score (nSPS) is 11.6. The van der Waals surface area contributed by atoms with E-state index in [1.54, 1.807) is 0 Å². The van der Waals surface area contributed by atoms with Gasteiger partial charge in [-0.05, 0) is 42.8 Å². The van der Waals surface area contributed by atoms with Gasteiger partial charge in [0, 0.05) is 11.6 Å². The standard InChI is InChI=1S/C18H11ClF3NO4/c1-9-7-11(27-18(20,21)22)8-10-5-6-23(15(9)10)16(24)12-3-2-4-13(14(12)19)17(25)26/h2-8H,1H3,(H,25,26). The molecular weight excluding hydrogens is 387 g/mol. The Hall–Kier alpha value is -3.00. The molecule has 0 fully saturated rings. The van der Waals surface area contributed by atoms with Crippen molar-refractivity contribution in [3.8, 4) is 5.75 Å². The van der Waals surface area contributed by atoms with Crippen LogP contribution in [-0.4, -0.2) is 27.9 Å². The van der Waals surface area contributed by atoms with Crippen LogP contribution in [0.2, 0.25) is 5.02 Å². The predicted molar refractivity (Wildman–Crippen MR) is 91.5 cm³/mol. The summed E-state index contributed by atoms with van der Waals surface area (Å²) in [6, 6.07) is 7.80. The summed E-state index contributed by atoms with van der Waals surface area (Å²) in [5, 5.41) is 9.27. The molecule has 140 valence electrons. The Morgan fingerprint density at radius 2 is 1.81 bits per heavy atom. The van der Waals surface area contributed by atoms with Crippen LogP contribution in [0.3, 0.4) is 0 Å². The molecule has 0 aliphatic carbocycles. The predicted octanol–water partition coefficient (Wildman–Crippen LogP) is 4.89. The number of nitrogens with zero attached hydrogens (tertiary/aromatic N) is 1. The van der Waals surface area contributed by atoms with E-state index < -0.39 is 24.0 Å². The van der Waals surface area contributed by atoms with Crippen molar-refractivity contribution in [1.82, 2.24) is 4.57 Å². The van der Waals surface area contributed by atoms with Crippen molar-refractivity contribution in [2.24, 2.45) is 0 Å². The molecule has 0 unspecified atom stereocenters. The molecule has 0 radical (unpaired) electrons. The lowest BCUT2D eigenvalue weighted by atomic mass is 10.1. The van der Waals surface area contributed by atoms with Crippen molar-refractivity contribution in [2.75, 3.05) is 0 Å². The third-order valence-corrected chi connectivity index (χ3v) is 4.27. The Labute approximate surface area is 155 Å². The fourth-order valence-corrected chi connectivity index (χ4v) is 3.10. The van der Waals surface area contributed by atoms with E-state index in [1.165, 1.54) is 42.0 Å². The number of benzene rings is 2. The van der Waals surface area contributed by atoms with Crippen LogP contribution in [0.1, 0.15) is 26.3 Å². The van der Waals surface area contributed by atoms with E-state index >= 15 is 0 Å². The molecule has 0 saturated carbocycles. The highest BCUT2D eigenvalue weighted by Gasteiger charge is 2.31. The molecule has 0 atom stereocenters. The molecule has 27 heavy (non-hydrogen) atoms. The summed E-state index contributed by atoms with van der Waals surface area (Å²) in [4.78, 5) is 24.1. The highest BCUT2D eigenvalue weighted by molar-refractivity contribution is 6.36. The minimum atomic E-state index is -4.83. The summed E-state index contributed by atoms with van der Waals surface area (Å²) < 4.78 is 42.4. The number of carbonyl (C=O) groups is 2. The number of ether oxygens (including phenoxy) is 1. The van der Waals surface area contributed by atoms with E-state index in [9.17, 15) is 22.8 Å². The van der Waals surface area contributed by atoms with Gasteiger partial charge in [0.15, 0.2) is 0 Å². The summed E-state index contributed by atoms with van der Waals surface area (Å²) >= 11 is 6.04. The molecule has 3 aromatic rings. The zero-order valence-corrected chi connectivity index (χ0v) is 14.4. The largest absolute Gasteiger partial charge is 0.573 e. The summed E-state index contributed by atoms with van der Waals surface area (Å²) in [6.45, 7) is 1.53. The van der Waals surface area contributed by atoms with Crippen LogP contribution in [0.4, 0.5) is 13.2 Å². The fraction of sp³-hybridized carbons (Fsp3) is 0.111. The summed E-state index contributed by atoms with van der Waals surface area (Å²) in [5.74, 6) is -2.29. The lowest BCUT2D eigenvalue weighted by molar-refractivity contribution is -0.274. The Morgan fingerprint density at radius 3 is 2.44 bits per heavy atom. The first kappa shape index (κ1) is 18.8. The maximum Gasteiger partial charge on any atom is 0.573 e. The van der Waals surface area contributed by atoms with Gasteiger partial charge in [0.05, 0.1) is 21.7 Å². The fourth-order valence-electron chi connectivity index (χ4n) is 2.81. The Kier molecular flexibility index (Phi) is 4.61. The van der Waals surface area contributed by atoms with E-state index in [2.05, 4.69) is 4.74 Å². The topological polar surface area (TPSA) is 68.5 Å². The zero-order chi connectivity index (χ0) is 19.9. The average molecular weight is 398 g/mol. The second-order valence-corrected chi connectivity index (χ2v) is 6.07. The number of carboxylic acid groups (broad SMARTS) is 1. The molecule has 1 heterocycles. The van der Waals surface area contributed by atoms with E-state index in [-0.39, 0.29) is 16.1 Å². The summed E-state index contributed by atoms with van der Waals surface area (Å²) in [6.07, 6.45) is -3.45. The highest BCUT2D eigenvalue weighted by Crippen LogP contribution is 2.31. The quantitative estimate of drug-likeness (QED) is 0.683. The highest BCUT2D eigenvalue weighted by atomic mass is 35.5. The minimum absolute atomic E-state index is 0.0379. The molecule has 0 aliphatic rings. The van der Waals surface area contributed by atoms with Crippen LogP contribution in [0.15, 0.2) is 42.6 Å². The summed E-state index contributed by atoms with van der Waals surface area (Å²) in [5.41, 5.74) is 0.475. The molecular formula is C18H11ClF3NO4. The smallest absolute Gasteiger partial charge is 0.478 e. The van der Waals surface area contributed by atoms with E-state index in [0.29, 0.717) is 16.5 Å². The van der Waals surface area contributed by atoms with Gasteiger partial charge < -0.3 is 9.84 Å². The van der Waals surface area contributed by atoms with E-state index in [1.807, 2.05) is 0 Å². The number of alkyl halides is 3. The SMILES string of the molecule is Cc1cc(OC(F)(F)F)cc2ccn(C(=O)c3cccc(C(=O)O)c3Cl)c12. The number of aromatic nitrogens is 1. The van der Waals surface area contributed by atoms with Crippen LogP contribution >= 0.6 is 11.6 Å². The van der Waals surface area contributed by atoms with Crippen molar-refractivity contribution in [3.63, 3.8) is 0 Å². The maximum absolute atomic E-state index is 12.9. The van der Waals surface area contributed by atoms with Crippen molar-refractivity contribution >= 4 is 34.4 Å². The number of rotatable bonds is 3. The number of fused-ring (bicyclic) bond motifs is 1. The van der Waals surface area contributed by atoms with Crippen LogP contribution in [0, 0.1) is 6.92 Å². The van der Waals surface area contributed by atoms with Crippen LogP contribution < -0.4 is 4.74 Å². The number of aryl methyl sites for hydroxylation is 1. The second-order valence-electron chi connectivity index (χ2n) is 5.69. The lowest BCUT2D eigenvalue weighted by Gasteiger charge is -2.12. The first-order valence-corrected chi connectivity index (χ1v) is 7.90. The van der Waals surface area contributed by atoms with Gasteiger partial charge in [-0.2, -0.15) is 0 Å². The number of carbonyl (C=O) groups excluding carboxylic acids is 1. The van der Waals surface area contributed by atoms with Gasteiger partial charge in [-0.3, -0.25) is 9.36 Å². The number of halogens is 4. The lowest BCUT2D eigenvalue weighted by Crippen LogP contribution is -2.17. The molecule has 0 aliphatic heterocycles. The zero-order valence-electron chi connectivity index (χ0n) is 13.7. The third kappa shape index (κ3) is 3.61. The number of carboxylic acids is 1. The van der Waals surface area contributed by atoms with Gasteiger partial charge in [0.2, 0.25) is 0 Å². The van der Waals surface area contributed by atoms with E-state index in [4.69, 9.17) is 16.7 Å². The average Bonchev–Trinajstić information content (AvgIpc) is 2.97. The van der Waals surface area contributed by atoms with Crippen LogP contribution in [-0.2, 0) is 0 Å². The van der Waals surface area contributed by atoms with E-state index in [0.717, 1.165) is 12.1 Å². The minimum Gasteiger partial charge on any atom is -0.478 e. The molecule has 0 amide bonds. The van der Waals surface area contributed by atoms with Crippen molar-refractivity contribution < 1.29 is 32.6 Å². The molecule has 3 rings (SSSR count). The second kappa shape index (κ2) is 6.62. The number of hydrogen-bond acceptors (Lipinski definition) is 3. The monoisotopic (exact) mass is 397 g/mol. The van der Waals surface area contributed by atoms with Gasteiger partial charge in [-0.1, -0.05) is 17.7 Å². The Balaban J connectivity index is 2.09. The Morgan fingerprint density at radius 1 is 1.15 bits per heavy atom. The van der Waals surface area contributed by atoms with Crippen LogP contribution in [0.5, 0.6) is 5.75 Å². The number of hydrogen-bond donors (Lipinski definition) is 1. The molecule has 0 spiro atoms.